The van der Waals surface area contributed by atoms with Crippen molar-refractivity contribution in [3.63, 3.8) is 0 Å². The van der Waals surface area contributed by atoms with Crippen LogP contribution in [0.3, 0.4) is 0 Å². The summed E-state index contributed by atoms with van der Waals surface area (Å²) in [6, 6.07) is 7.22. The highest BCUT2D eigenvalue weighted by atomic mass is 35.5. The fraction of sp³-hybridized carbons (Fsp3) is 0.231. The van der Waals surface area contributed by atoms with Gasteiger partial charge in [-0.05, 0) is 24.6 Å². The molecule has 3 N–H and O–H groups in total. The second-order valence-electron chi connectivity index (χ2n) is 3.90. The third-order valence-electron chi connectivity index (χ3n) is 2.48. The molecule has 0 unspecified atom stereocenters. The highest BCUT2D eigenvalue weighted by Crippen LogP contribution is 2.22. The zero-order chi connectivity index (χ0) is 13.8. The molecule has 0 amide bonds. The minimum Gasteiger partial charge on any atom is -0.486 e. The van der Waals surface area contributed by atoms with Crippen LogP contribution < -0.4 is 10.5 Å². The fourth-order valence-corrected chi connectivity index (χ4v) is 2.72. The standard InChI is InChI=1S/C13H14ClN3OS/c1-2-10-12(13(15)16)19-11(17-10)7-18-9-5-3-4-8(14)6-9/h3-6H,2,7H2,1H3,(H3,15,16). The summed E-state index contributed by atoms with van der Waals surface area (Å²) in [6.45, 7) is 2.34. The van der Waals surface area contributed by atoms with Gasteiger partial charge in [-0.2, -0.15) is 0 Å². The van der Waals surface area contributed by atoms with Crippen LogP contribution in [0.15, 0.2) is 24.3 Å². The van der Waals surface area contributed by atoms with E-state index in [2.05, 4.69) is 4.98 Å². The van der Waals surface area contributed by atoms with Crippen molar-refractivity contribution in [3.8, 4) is 5.75 Å². The Bertz CT molecular complexity index is 597. The zero-order valence-electron chi connectivity index (χ0n) is 10.4. The molecule has 1 heterocycles. The molecule has 0 saturated carbocycles. The summed E-state index contributed by atoms with van der Waals surface area (Å²) in [5.41, 5.74) is 6.38. The van der Waals surface area contributed by atoms with Gasteiger partial charge in [0.1, 0.15) is 23.2 Å². The van der Waals surface area contributed by atoms with Crippen molar-refractivity contribution in [3.05, 3.63) is 44.9 Å². The molecular formula is C13H14ClN3OS. The van der Waals surface area contributed by atoms with Gasteiger partial charge in [-0.15, -0.1) is 11.3 Å². The van der Waals surface area contributed by atoms with E-state index in [0.717, 1.165) is 22.0 Å². The Morgan fingerprint density at radius 2 is 2.32 bits per heavy atom. The van der Waals surface area contributed by atoms with Crippen molar-refractivity contribution in [2.45, 2.75) is 20.0 Å². The molecule has 0 atom stereocenters. The van der Waals surface area contributed by atoms with Crippen LogP contribution in [0.1, 0.15) is 22.5 Å². The normalized spacial score (nSPS) is 10.4. The number of hydrogen-bond acceptors (Lipinski definition) is 4. The molecule has 0 saturated heterocycles. The van der Waals surface area contributed by atoms with Gasteiger partial charge in [0.25, 0.3) is 0 Å². The molecule has 0 spiro atoms. The molecule has 0 aliphatic carbocycles. The van der Waals surface area contributed by atoms with Gasteiger partial charge in [-0.3, -0.25) is 5.41 Å². The van der Waals surface area contributed by atoms with Crippen LogP contribution in [0.2, 0.25) is 5.02 Å². The van der Waals surface area contributed by atoms with E-state index >= 15 is 0 Å². The molecule has 100 valence electrons. The first-order chi connectivity index (χ1) is 9.10. The second-order valence-corrected chi connectivity index (χ2v) is 5.42. The lowest BCUT2D eigenvalue weighted by Crippen LogP contribution is -2.11. The lowest BCUT2D eigenvalue weighted by molar-refractivity contribution is 0.305. The molecule has 0 aliphatic rings. The van der Waals surface area contributed by atoms with E-state index in [0.29, 0.717) is 17.4 Å². The summed E-state index contributed by atoms with van der Waals surface area (Å²) in [5, 5.41) is 8.95. The molecular weight excluding hydrogens is 282 g/mol. The second kappa shape index (κ2) is 6.04. The van der Waals surface area contributed by atoms with E-state index in [1.165, 1.54) is 11.3 Å². The number of aromatic nitrogens is 1. The first-order valence-electron chi connectivity index (χ1n) is 5.81. The van der Waals surface area contributed by atoms with Gasteiger partial charge in [0.15, 0.2) is 0 Å². The van der Waals surface area contributed by atoms with Crippen molar-refractivity contribution < 1.29 is 4.74 Å². The number of amidine groups is 1. The van der Waals surface area contributed by atoms with Crippen LogP contribution in [-0.2, 0) is 13.0 Å². The first kappa shape index (κ1) is 13.8. The maximum atomic E-state index is 7.51. The van der Waals surface area contributed by atoms with Crippen molar-refractivity contribution in [2.75, 3.05) is 0 Å². The van der Waals surface area contributed by atoms with Crippen LogP contribution in [-0.4, -0.2) is 10.8 Å². The number of nitrogens with two attached hydrogens (primary N) is 1. The number of rotatable bonds is 5. The quantitative estimate of drug-likeness (QED) is 0.657. The number of halogens is 1. The molecule has 0 aliphatic heterocycles. The van der Waals surface area contributed by atoms with Crippen LogP contribution >= 0.6 is 22.9 Å². The zero-order valence-corrected chi connectivity index (χ0v) is 12.0. The van der Waals surface area contributed by atoms with Gasteiger partial charge in [0, 0.05) is 5.02 Å². The van der Waals surface area contributed by atoms with Crippen LogP contribution in [0, 0.1) is 5.41 Å². The maximum absolute atomic E-state index is 7.51. The van der Waals surface area contributed by atoms with Crippen molar-refractivity contribution in [1.82, 2.24) is 4.98 Å². The van der Waals surface area contributed by atoms with Crippen LogP contribution in [0.4, 0.5) is 0 Å². The van der Waals surface area contributed by atoms with E-state index in [-0.39, 0.29) is 5.84 Å². The monoisotopic (exact) mass is 295 g/mol. The lowest BCUT2D eigenvalue weighted by Gasteiger charge is -2.03. The third-order valence-corrected chi connectivity index (χ3v) is 3.82. The summed E-state index contributed by atoms with van der Waals surface area (Å²) < 4.78 is 5.62. The Morgan fingerprint density at radius 3 is 2.89 bits per heavy atom. The van der Waals surface area contributed by atoms with E-state index in [4.69, 9.17) is 27.5 Å². The summed E-state index contributed by atoms with van der Waals surface area (Å²) >= 11 is 7.28. The SMILES string of the molecule is CCc1nc(COc2cccc(Cl)c2)sc1C(=N)N. The predicted octanol–water partition coefficient (Wildman–Crippen LogP) is 3.22. The molecule has 0 radical (unpaired) electrons. The molecule has 1 aromatic heterocycles. The first-order valence-corrected chi connectivity index (χ1v) is 7.01. The largest absolute Gasteiger partial charge is 0.486 e. The summed E-state index contributed by atoms with van der Waals surface area (Å²) in [6.07, 6.45) is 0.753. The number of nitrogens with one attached hydrogen (secondary N) is 1. The Morgan fingerprint density at radius 1 is 1.53 bits per heavy atom. The summed E-state index contributed by atoms with van der Waals surface area (Å²) in [7, 11) is 0. The Kier molecular flexibility index (Phi) is 4.39. The van der Waals surface area contributed by atoms with Gasteiger partial charge >= 0.3 is 0 Å². The Balaban J connectivity index is 2.09. The van der Waals surface area contributed by atoms with Gasteiger partial charge in [0.2, 0.25) is 0 Å². The number of thiazole rings is 1. The molecule has 4 nitrogen and oxygen atoms in total. The van der Waals surface area contributed by atoms with Crippen molar-refractivity contribution in [1.29, 1.82) is 5.41 Å². The van der Waals surface area contributed by atoms with E-state index in [1.54, 1.807) is 12.1 Å². The van der Waals surface area contributed by atoms with Crippen molar-refractivity contribution in [2.24, 2.45) is 5.73 Å². The highest BCUT2D eigenvalue weighted by molar-refractivity contribution is 7.13. The Hall–Kier alpha value is -1.59. The molecule has 6 heteroatoms. The van der Waals surface area contributed by atoms with Gasteiger partial charge < -0.3 is 10.5 Å². The Labute approximate surface area is 120 Å². The van der Waals surface area contributed by atoms with Crippen LogP contribution in [0.25, 0.3) is 0 Å². The molecule has 0 fully saturated rings. The number of benzene rings is 1. The van der Waals surface area contributed by atoms with Gasteiger partial charge in [-0.25, -0.2) is 4.98 Å². The van der Waals surface area contributed by atoms with Crippen molar-refractivity contribution >= 4 is 28.8 Å². The maximum Gasteiger partial charge on any atom is 0.140 e. The summed E-state index contributed by atoms with van der Waals surface area (Å²) in [4.78, 5) is 5.16. The molecule has 19 heavy (non-hydrogen) atoms. The number of nitrogens with zero attached hydrogens (tertiary/aromatic N) is 1. The minimum absolute atomic E-state index is 0.0587. The minimum atomic E-state index is 0.0587. The lowest BCUT2D eigenvalue weighted by atomic mass is 10.3. The van der Waals surface area contributed by atoms with E-state index in [1.807, 2.05) is 19.1 Å². The number of hydrogen-bond donors (Lipinski definition) is 2. The average molecular weight is 296 g/mol. The molecule has 1 aromatic carbocycles. The predicted molar refractivity (Wildman–Crippen MR) is 78.3 cm³/mol. The van der Waals surface area contributed by atoms with Crippen LogP contribution in [0.5, 0.6) is 5.75 Å². The summed E-state index contributed by atoms with van der Waals surface area (Å²) in [5.74, 6) is 0.758. The molecule has 2 aromatic rings. The third kappa shape index (κ3) is 3.45. The molecule has 0 bridgehead atoms. The van der Waals surface area contributed by atoms with Gasteiger partial charge in [0.05, 0.1) is 10.6 Å². The number of ether oxygens (including phenoxy) is 1. The molecule has 2 rings (SSSR count). The van der Waals surface area contributed by atoms with E-state index in [9.17, 15) is 0 Å². The number of aryl methyl sites for hydroxylation is 1. The number of nitrogen functional groups attached to an aromatic ring is 1. The smallest absolute Gasteiger partial charge is 0.140 e. The highest BCUT2D eigenvalue weighted by Gasteiger charge is 2.12. The average Bonchev–Trinajstić information content (AvgIpc) is 2.80. The fourth-order valence-electron chi connectivity index (χ4n) is 1.61. The topological polar surface area (TPSA) is 72.0 Å². The van der Waals surface area contributed by atoms with Gasteiger partial charge in [-0.1, -0.05) is 24.6 Å². The van der Waals surface area contributed by atoms with E-state index < -0.39 is 0 Å².